The number of H-pyrrole nitrogens is 1. The highest BCUT2D eigenvalue weighted by atomic mass is 19.1. The molecule has 0 amide bonds. The SMILES string of the molecule is O=C(OC[C@H]1O[C@@H](n2cc(F)c(=O)[nH]c2=O)[C@@H](OC(=O)c2ccccc2)[C@H]1OC(=O)c1ccccc1)c1ccccc1. The van der Waals surface area contributed by atoms with Crippen LogP contribution in [0.15, 0.2) is 107 Å². The van der Waals surface area contributed by atoms with Crippen molar-refractivity contribution >= 4 is 17.9 Å². The van der Waals surface area contributed by atoms with Crippen LogP contribution in [-0.4, -0.2) is 52.4 Å². The maximum absolute atomic E-state index is 14.3. The molecule has 12 heteroatoms. The van der Waals surface area contributed by atoms with Gasteiger partial charge in [-0.1, -0.05) is 54.6 Å². The molecule has 11 nitrogen and oxygen atoms in total. The number of hydrogen-bond acceptors (Lipinski definition) is 9. The van der Waals surface area contributed by atoms with Crippen LogP contribution in [0.25, 0.3) is 0 Å². The highest BCUT2D eigenvalue weighted by Crippen LogP contribution is 2.34. The lowest BCUT2D eigenvalue weighted by Gasteiger charge is -2.25. The van der Waals surface area contributed by atoms with E-state index in [0.29, 0.717) is 10.8 Å². The van der Waals surface area contributed by atoms with E-state index in [0.717, 1.165) is 0 Å². The van der Waals surface area contributed by atoms with Crippen molar-refractivity contribution in [1.82, 2.24) is 9.55 Å². The third kappa shape index (κ3) is 6.18. The van der Waals surface area contributed by atoms with Crippen LogP contribution in [0.5, 0.6) is 0 Å². The van der Waals surface area contributed by atoms with Gasteiger partial charge in [0.1, 0.15) is 12.7 Å². The number of hydrogen-bond donors (Lipinski definition) is 1. The summed E-state index contributed by atoms with van der Waals surface area (Å²) in [6.45, 7) is -0.503. The summed E-state index contributed by atoms with van der Waals surface area (Å²) in [6.07, 6.45) is -5.28. The van der Waals surface area contributed by atoms with Crippen molar-refractivity contribution in [2.45, 2.75) is 24.5 Å². The summed E-state index contributed by atoms with van der Waals surface area (Å²) in [4.78, 5) is 65.1. The van der Waals surface area contributed by atoms with Crippen LogP contribution in [0.1, 0.15) is 37.3 Å². The molecule has 0 aliphatic carbocycles. The van der Waals surface area contributed by atoms with Crippen LogP contribution < -0.4 is 11.2 Å². The Labute approximate surface area is 237 Å². The second-order valence-electron chi connectivity index (χ2n) is 9.15. The van der Waals surface area contributed by atoms with Crippen LogP contribution in [0, 0.1) is 5.82 Å². The molecule has 0 unspecified atom stereocenters. The lowest BCUT2D eigenvalue weighted by Crippen LogP contribution is -2.43. The molecule has 0 spiro atoms. The summed E-state index contributed by atoms with van der Waals surface area (Å²) in [6, 6.07) is 23.8. The van der Waals surface area contributed by atoms with Crippen molar-refractivity contribution in [3.8, 4) is 0 Å². The topological polar surface area (TPSA) is 143 Å². The Balaban J connectivity index is 1.52. The highest BCUT2D eigenvalue weighted by Gasteiger charge is 2.51. The second-order valence-corrected chi connectivity index (χ2v) is 9.15. The van der Waals surface area contributed by atoms with Gasteiger partial charge >= 0.3 is 23.6 Å². The average molecular weight is 575 g/mol. The molecule has 0 bridgehead atoms. The second kappa shape index (κ2) is 12.4. The van der Waals surface area contributed by atoms with E-state index in [2.05, 4.69) is 0 Å². The molecule has 4 aromatic rings. The largest absolute Gasteiger partial charge is 0.459 e. The van der Waals surface area contributed by atoms with Gasteiger partial charge in [-0.05, 0) is 36.4 Å². The molecule has 0 radical (unpaired) electrons. The third-order valence-corrected chi connectivity index (χ3v) is 6.38. The average Bonchev–Trinajstić information content (AvgIpc) is 3.34. The minimum absolute atomic E-state index is 0.128. The van der Waals surface area contributed by atoms with Gasteiger partial charge in [-0.15, -0.1) is 0 Å². The minimum Gasteiger partial charge on any atom is -0.459 e. The molecule has 5 rings (SSSR count). The van der Waals surface area contributed by atoms with Gasteiger partial charge in [0.05, 0.1) is 22.9 Å². The first-order valence-electron chi connectivity index (χ1n) is 12.7. The van der Waals surface area contributed by atoms with E-state index in [9.17, 15) is 28.4 Å². The van der Waals surface area contributed by atoms with Crippen molar-refractivity contribution in [3.05, 3.63) is 141 Å². The van der Waals surface area contributed by atoms with E-state index in [-0.39, 0.29) is 16.7 Å². The number of carbonyl (C=O) groups is 3. The van der Waals surface area contributed by atoms with Crippen molar-refractivity contribution in [2.75, 3.05) is 6.61 Å². The van der Waals surface area contributed by atoms with E-state index >= 15 is 0 Å². The number of ether oxygens (including phenoxy) is 4. The number of carbonyl (C=O) groups excluding carboxylic acids is 3. The van der Waals surface area contributed by atoms with E-state index < -0.39 is 66.1 Å². The summed E-state index contributed by atoms with van der Waals surface area (Å²) in [5, 5.41) is 0. The van der Waals surface area contributed by atoms with Crippen molar-refractivity contribution in [1.29, 1.82) is 0 Å². The van der Waals surface area contributed by atoms with Gasteiger partial charge in [0.2, 0.25) is 5.82 Å². The van der Waals surface area contributed by atoms with Crippen LogP contribution in [0.2, 0.25) is 0 Å². The molecule has 4 atom stereocenters. The lowest BCUT2D eigenvalue weighted by atomic mass is 10.1. The van der Waals surface area contributed by atoms with E-state index in [1.54, 1.807) is 54.6 Å². The Morgan fingerprint density at radius 1 is 0.738 bits per heavy atom. The highest BCUT2D eigenvalue weighted by molar-refractivity contribution is 5.91. The standard InChI is InChI=1S/C30H23FN2O9/c31-21-16-33(30(38)32-25(21)34)26-24(42-29(37)20-14-8-3-9-15-20)23(41-28(36)19-12-6-2-7-13-19)22(40-26)17-39-27(35)18-10-4-1-5-11-18/h1-16,22-24,26H,17H2,(H,32,34,38)/t22-,23+,24+,26-/m1/s1. The number of esters is 3. The number of rotatable bonds is 8. The molecule has 214 valence electrons. The summed E-state index contributed by atoms with van der Waals surface area (Å²) >= 11 is 0. The Kier molecular flexibility index (Phi) is 8.34. The number of halogens is 1. The number of benzene rings is 3. The smallest absolute Gasteiger partial charge is 0.338 e. The molecule has 1 N–H and O–H groups in total. The monoisotopic (exact) mass is 574 g/mol. The zero-order valence-corrected chi connectivity index (χ0v) is 21.8. The Bertz CT molecular complexity index is 1690. The predicted molar refractivity (Wildman–Crippen MR) is 143 cm³/mol. The Morgan fingerprint density at radius 2 is 1.21 bits per heavy atom. The summed E-state index contributed by atoms with van der Waals surface area (Å²) in [5.74, 6) is -3.73. The van der Waals surface area contributed by atoms with Gasteiger partial charge in [0.25, 0.3) is 5.56 Å². The molecule has 3 aromatic carbocycles. The number of aromatic nitrogens is 2. The van der Waals surface area contributed by atoms with Crippen molar-refractivity contribution < 1.29 is 37.7 Å². The van der Waals surface area contributed by atoms with Crippen LogP contribution in [0.4, 0.5) is 4.39 Å². The van der Waals surface area contributed by atoms with Gasteiger partial charge in [-0.3, -0.25) is 14.3 Å². The van der Waals surface area contributed by atoms with E-state index in [1.165, 1.54) is 36.4 Å². The van der Waals surface area contributed by atoms with E-state index in [1.807, 2.05) is 4.98 Å². The molecule has 0 saturated carbocycles. The third-order valence-electron chi connectivity index (χ3n) is 6.38. The van der Waals surface area contributed by atoms with Gasteiger partial charge in [0.15, 0.2) is 18.4 Å². The summed E-state index contributed by atoms with van der Waals surface area (Å²) in [5.41, 5.74) is -1.84. The van der Waals surface area contributed by atoms with Gasteiger partial charge in [-0.2, -0.15) is 4.39 Å². The summed E-state index contributed by atoms with van der Waals surface area (Å²) in [7, 11) is 0. The maximum atomic E-state index is 14.3. The van der Waals surface area contributed by atoms with Crippen molar-refractivity contribution in [3.63, 3.8) is 0 Å². The zero-order chi connectivity index (χ0) is 29.6. The molecule has 2 heterocycles. The predicted octanol–water partition coefficient (Wildman–Crippen LogP) is 2.88. The fraction of sp³-hybridized carbons (Fsp3) is 0.167. The van der Waals surface area contributed by atoms with Gasteiger partial charge in [-0.25, -0.2) is 19.2 Å². The molecular formula is C30H23FN2O9. The normalized spacial score (nSPS) is 19.5. The molecule has 1 saturated heterocycles. The number of nitrogens with zero attached hydrogens (tertiary/aromatic N) is 1. The van der Waals surface area contributed by atoms with Gasteiger partial charge < -0.3 is 18.9 Å². The summed E-state index contributed by atoms with van der Waals surface area (Å²) < 4.78 is 37.8. The van der Waals surface area contributed by atoms with E-state index in [4.69, 9.17) is 18.9 Å². The molecule has 1 aliphatic rings. The minimum atomic E-state index is -1.59. The zero-order valence-electron chi connectivity index (χ0n) is 21.8. The van der Waals surface area contributed by atoms with Crippen LogP contribution in [0.3, 0.4) is 0 Å². The molecular weight excluding hydrogens is 551 g/mol. The fourth-order valence-corrected chi connectivity index (χ4v) is 4.33. The number of nitrogens with one attached hydrogen (secondary N) is 1. The Morgan fingerprint density at radius 3 is 1.74 bits per heavy atom. The fourth-order valence-electron chi connectivity index (χ4n) is 4.33. The molecule has 42 heavy (non-hydrogen) atoms. The molecule has 1 aromatic heterocycles. The van der Waals surface area contributed by atoms with Crippen LogP contribution in [-0.2, 0) is 18.9 Å². The van der Waals surface area contributed by atoms with Crippen molar-refractivity contribution in [2.24, 2.45) is 0 Å². The number of aromatic amines is 1. The first kappa shape index (κ1) is 28.2. The van der Waals surface area contributed by atoms with Gasteiger partial charge in [0, 0.05) is 0 Å². The maximum Gasteiger partial charge on any atom is 0.338 e. The Hall–Kier alpha value is -5.36. The molecule has 1 fully saturated rings. The quantitative estimate of drug-likeness (QED) is 0.248. The van der Waals surface area contributed by atoms with Crippen LogP contribution >= 0.6 is 0 Å². The first-order chi connectivity index (χ1) is 20.3. The molecule has 1 aliphatic heterocycles. The first-order valence-corrected chi connectivity index (χ1v) is 12.7. The lowest BCUT2D eigenvalue weighted by molar-refractivity contribution is -0.0643.